The van der Waals surface area contributed by atoms with Crippen LogP contribution in [0.3, 0.4) is 0 Å². The van der Waals surface area contributed by atoms with E-state index in [1.165, 1.54) is 17.9 Å². The Morgan fingerprint density at radius 2 is 1.88 bits per heavy atom. The number of ketones is 1. The van der Waals surface area contributed by atoms with Gasteiger partial charge in [0.25, 0.3) is 5.91 Å². The third-order valence-corrected chi connectivity index (χ3v) is 5.25. The van der Waals surface area contributed by atoms with Crippen molar-refractivity contribution in [1.82, 2.24) is 0 Å². The second kappa shape index (κ2) is 8.73. The highest BCUT2D eigenvalue weighted by Crippen LogP contribution is 2.34. The minimum Gasteiger partial charge on any atom is -0.485 e. The largest absolute Gasteiger partial charge is 0.485 e. The van der Waals surface area contributed by atoms with E-state index in [2.05, 4.69) is 4.99 Å². The molecule has 6 nitrogen and oxygen atoms in total. The molecule has 0 unspecified atom stereocenters. The van der Waals surface area contributed by atoms with Crippen molar-refractivity contribution in [1.29, 1.82) is 0 Å². The minimum absolute atomic E-state index is 0.0197. The van der Waals surface area contributed by atoms with Crippen LogP contribution in [0.15, 0.2) is 64.9 Å². The van der Waals surface area contributed by atoms with E-state index in [9.17, 15) is 22.8 Å². The van der Waals surface area contributed by atoms with Gasteiger partial charge in [-0.15, -0.1) is 0 Å². The lowest BCUT2D eigenvalue weighted by Crippen LogP contribution is -2.29. The van der Waals surface area contributed by atoms with Crippen molar-refractivity contribution >= 4 is 23.1 Å². The lowest BCUT2D eigenvalue weighted by molar-refractivity contribution is -0.153. The highest BCUT2D eigenvalue weighted by atomic mass is 19.4. The molecule has 0 fully saturated rings. The van der Waals surface area contributed by atoms with Crippen LogP contribution in [-0.4, -0.2) is 49.4 Å². The molecule has 2 aromatic carbocycles. The second-order valence-electron chi connectivity index (χ2n) is 7.84. The predicted molar refractivity (Wildman–Crippen MR) is 116 cm³/mol. The van der Waals surface area contributed by atoms with Gasteiger partial charge in [0.15, 0.2) is 18.1 Å². The average molecular weight is 458 g/mol. The zero-order valence-electron chi connectivity index (χ0n) is 18.0. The van der Waals surface area contributed by atoms with E-state index in [4.69, 9.17) is 9.47 Å². The van der Waals surface area contributed by atoms with Crippen LogP contribution in [-0.2, 0) is 9.53 Å². The number of Topliss-reactive ketones (excluding diaryl/α,β-unsaturated/α-hetero) is 1. The van der Waals surface area contributed by atoms with E-state index < -0.39 is 12.8 Å². The molecule has 2 aromatic rings. The summed E-state index contributed by atoms with van der Waals surface area (Å²) in [6.45, 7) is 2.08. The summed E-state index contributed by atoms with van der Waals surface area (Å²) in [5.74, 6) is -0.341. The molecule has 2 aliphatic rings. The van der Waals surface area contributed by atoms with E-state index in [1.807, 2.05) is 0 Å². The number of halogens is 3. The van der Waals surface area contributed by atoms with E-state index >= 15 is 0 Å². The number of hydrogen-bond acceptors (Lipinski definition) is 5. The van der Waals surface area contributed by atoms with Crippen LogP contribution in [0.5, 0.6) is 5.75 Å². The molecule has 33 heavy (non-hydrogen) atoms. The van der Waals surface area contributed by atoms with Crippen molar-refractivity contribution in [2.24, 2.45) is 4.99 Å². The molecule has 1 atom stereocenters. The Kier molecular flexibility index (Phi) is 5.97. The summed E-state index contributed by atoms with van der Waals surface area (Å²) < 4.78 is 49.1. The fourth-order valence-electron chi connectivity index (χ4n) is 3.69. The third-order valence-electron chi connectivity index (χ3n) is 5.25. The molecule has 0 saturated carbocycles. The molecule has 0 radical (unpaired) electrons. The fraction of sp³-hybridized carbons (Fsp3) is 0.292. The number of hydrogen-bond donors (Lipinski definition) is 0. The van der Waals surface area contributed by atoms with Crippen molar-refractivity contribution in [3.8, 4) is 5.75 Å². The molecule has 0 aliphatic carbocycles. The van der Waals surface area contributed by atoms with E-state index in [1.54, 1.807) is 49.4 Å². The maximum atomic E-state index is 13.2. The van der Waals surface area contributed by atoms with Gasteiger partial charge in [-0.3, -0.25) is 14.6 Å². The smallest absolute Gasteiger partial charge is 0.422 e. The van der Waals surface area contributed by atoms with Crippen molar-refractivity contribution in [3.05, 3.63) is 71.0 Å². The molecule has 2 aliphatic heterocycles. The van der Waals surface area contributed by atoms with Crippen LogP contribution in [0.4, 0.5) is 18.9 Å². The monoisotopic (exact) mass is 458 g/mol. The van der Waals surface area contributed by atoms with Crippen molar-refractivity contribution < 1.29 is 32.2 Å². The molecule has 0 aromatic heterocycles. The number of para-hydroxylation sites is 1. The van der Waals surface area contributed by atoms with Gasteiger partial charge in [0.05, 0.1) is 18.3 Å². The second-order valence-corrected chi connectivity index (χ2v) is 7.84. The Morgan fingerprint density at radius 3 is 2.55 bits per heavy atom. The maximum Gasteiger partial charge on any atom is 0.422 e. The Morgan fingerprint density at radius 1 is 1.18 bits per heavy atom. The zero-order chi connectivity index (χ0) is 23.8. The van der Waals surface area contributed by atoms with Gasteiger partial charge in [-0.1, -0.05) is 12.1 Å². The lowest BCUT2D eigenvalue weighted by atomic mass is 10.0. The van der Waals surface area contributed by atoms with E-state index in [0.29, 0.717) is 28.1 Å². The highest BCUT2D eigenvalue weighted by Gasteiger charge is 2.38. The Bertz CT molecular complexity index is 1150. The molecule has 0 N–H and O–H groups in total. The SMILES string of the molecule is CC(=O)c1ccc(N2CC3=C(OC[C@H](C)N=C3c3ccccc3OCC(F)(F)F)C2=O)cc1. The van der Waals surface area contributed by atoms with Crippen molar-refractivity contribution in [3.63, 3.8) is 0 Å². The standard InChI is InChI=1S/C24H21F3N2O4/c1-14-12-32-22-19(11-29(23(22)31)17-9-7-16(8-10-17)15(2)30)21(28-14)18-5-3-4-6-20(18)33-13-24(25,26)27/h3-10,14H,11-13H2,1-2H3/t14-/m0/s1. The molecule has 0 spiro atoms. The number of nitrogens with zero attached hydrogens (tertiary/aromatic N) is 2. The highest BCUT2D eigenvalue weighted by molar-refractivity contribution is 6.23. The molecule has 1 amide bonds. The van der Waals surface area contributed by atoms with Crippen LogP contribution in [0.2, 0.25) is 0 Å². The first-order chi connectivity index (χ1) is 15.6. The van der Waals surface area contributed by atoms with Crippen LogP contribution < -0.4 is 9.64 Å². The van der Waals surface area contributed by atoms with Gasteiger partial charge in [0.1, 0.15) is 12.4 Å². The summed E-state index contributed by atoms with van der Waals surface area (Å²) in [6, 6.07) is 12.6. The number of alkyl halides is 3. The van der Waals surface area contributed by atoms with Crippen LogP contribution >= 0.6 is 0 Å². The molecule has 0 bridgehead atoms. The summed E-state index contributed by atoms with van der Waals surface area (Å²) in [7, 11) is 0. The molecule has 2 heterocycles. The molecule has 4 rings (SSSR count). The number of benzene rings is 2. The first kappa shape index (κ1) is 22.6. The Labute approximate surface area is 188 Å². The van der Waals surface area contributed by atoms with E-state index in [-0.39, 0.29) is 42.4 Å². The quantitative estimate of drug-likeness (QED) is 0.626. The van der Waals surface area contributed by atoms with Gasteiger partial charge in [-0.25, -0.2) is 0 Å². The van der Waals surface area contributed by atoms with Gasteiger partial charge in [0, 0.05) is 22.4 Å². The maximum absolute atomic E-state index is 13.2. The molecular weight excluding hydrogens is 437 g/mol. The number of amides is 1. The summed E-state index contributed by atoms with van der Waals surface area (Å²) >= 11 is 0. The van der Waals surface area contributed by atoms with Gasteiger partial charge >= 0.3 is 6.18 Å². The van der Waals surface area contributed by atoms with Crippen LogP contribution in [0.25, 0.3) is 0 Å². The van der Waals surface area contributed by atoms with Crippen LogP contribution in [0, 0.1) is 0 Å². The number of rotatable bonds is 5. The topological polar surface area (TPSA) is 68.2 Å². The summed E-state index contributed by atoms with van der Waals surface area (Å²) in [6.07, 6.45) is -4.49. The van der Waals surface area contributed by atoms with Gasteiger partial charge < -0.3 is 14.4 Å². The first-order valence-corrected chi connectivity index (χ1v) is 10.3. The zero-order valence-corrected chi connectivity index (χ0v) is 18.0. The minimum atomic E-state index is -4.49. The summed E-state index contributed by atoms with van der Waals surface area (Å²) in [4.78, 5) is 30.9. The summed E-state index contributed by atoms with van der Waals surface area (Å²) in [5, 5.41) is 0. The van der Waals surface area contributed by atoms with Crippen LogP contribution in [0.1, 0.15) is 29.8 Å². The van der Waals surface area contributed by atoms with Gasteiger partial charge in [0.2, 0.25) is 0 Å². The van der Waals surface area contributed by atoms with Gasteiger partial charge in [-0.2, -0.15) is 13.2 Å². The summed E-state index contributed by atoms with van der Waals surface area (Å²) in [5.41, 5.74) is 2.28. The average Bonchev–Trinajstić information content (AvgIpc) is 3.00. The van der Waals surface area contributed by atoms with Crippen molar-refractivity contribution in [2.75, 3.05) is 24.7 Å². The number of carbonyl (C=O) groups excluding carboxylic acids is 2. The number of carbonyl (C=O) groups is 2. The molecule has 172 valence electrons. The Hall–Kier alpha value is -3.62. The predicted octanol–water partition coefficient (Wildman–Crippen LogP) is 4.34. The number of anilines is 1. The third kappa shape index (κ3) is 4.76. The molecular formula is C24H21F3N2O4. The molecule has 9 heteroatoms. The molecule has 0 saturated heterocycles. The lowest BCUT2D eigenvalue weighted by Gasteiger charge is -2.19. The normalized spacial score (nSPS) is 18.5. The fourth-order valence-corrected chi connectivity index (χ4v) is 3.69. The number of ether oxygens (including phenoxy) is 2. The van der Waals surface area contributed by atoms with Gasteiger partial charge in [-0.05, 0) is 50.2 Å². The van der Waals surface area contributed by atoms with E-state index in [0.717, 1.165) is 0 Å². The van der Waals surface area contributed by atoms with Crippen molar-refractivity contribution in [2.45, 2.75) is 26.1 Å². The number of aliphatic imine (C=N–C) groups is 1. The first-order valence-electron chi connectivity index (χ1n) is 10.3. The Balaban J connectivity index is 1.70.